The summed E-state index contributed by atoms with van der Waals surface area (Å²) in [5.74, 6) is -0.456. The summed E-state index contributed by atoms with van der Waals surface area (Å²) in [6.45, 7) is 0. The van der Waals surface area contributed by atoms with Gasteiger partial charge in [0, 0.05) is 17.3 Å². The summed E-state index contributed by atoms with van der Waals surface area (Å²) in [5, 5.41) is 11.9. The first kappa shape index (κ1) is 23.5. The Bertz CT molecular complexity index is 1280. The minimum Gasteiger partial charge on any atom is -0.395 e. The van der Waals surface area contributed by atoms with Gasteiger partial charge in [0.2, 0.25) is 0 Å². The van der Waals surface area contributed by atoms with Crippen LogP contribution in [0.2, 0.25) is 5.02 Å². The van der Waals surface area contributed by atoms with E-state index < -0.39 is 17.8 Å². The normalized spacial score (nSPS) is 12.2. The number of pyridine rings is 1. The second-order valence-electron chi connectivity index (χ2n) is 6.59. The lowest BCUT2D eigenvalue weighted by atomic mass is 10.1. The third-order valence-electron chi connectivity index (χ3n) is 4.32. The molecule has 3 rings (SSSR count). The number of carbonyl (C=O) groups is 1. The molecule has 10 heteroatoms. The monoisotopic (exact) mass is 469 g/mol. The number of para-hydroxylation sites is 1. The van der Waals surface area contributed by atoms with Crippen LogP contribution in [-0.2, 0) is 0 Å². The molecular weight excluding hydrogens is 455 g/mol. The van der Waals surface area contributed by atoms with Gasteiger partial charge in [-0.3, -0.25) is 4.79 Å². The fourth-order valence-corrected chi connectivity index (χ4v) is 2.83. The summed E-state index contributed by atoms with van der Waals surface area (Å²) in [6, 6.07) is 17.0. The molecule has 3 N–H and O–H groups in total. The number of nitrogens with zero attached hydrogens (tertiary/aromatic N) is 3. The number of benzene rings is 2. The van der Waals surface area contributed by atoms with Gasteiger partial charge >= 0.3 is 6.18 Å². The van der Waals surface area contributed by atoms with Crippen molar-refractivity contribution in [2.45, 2.75) is 6.18 Å². The molecule has 1 amide bonds. The molecule has 2 aromatic carbocycles. The topological polar surface area (TPSA) is 104 Å². The standard InChI is InChI=1S/C23H15ClF3N5O/c24-17-5-1-2-6-18(17)31-19(12-20(29)23(25,26)27)14-7-9-15(10-8-14)22(33)32-21-16(13-28)4-3-11-30-21/h1-12H,29H2,(H,30,32,33). The molecular formula is C23H15ClF3N5O. The van der Waals surface area contributed by atoms with Gasteiger partial charge in [0.15, 0.2) is 5.82 Å². The molecule has 33 heavy (non-hydrogen) atoms. The molecule has 0 aliphatic rings. The maximum atomic E-state index is 13.0. The van der Waals surface area contributed by atoms with Gasteiger partial charge in [-0.25, -0.2) is 9.98 Å². The molecule has 0 unspecified atom stereocenters. The molecule has 3 aromatic rings. The molecule has 0 aliphatic carbocycles. The highest BCUT2D eigenvalue weighted by atomic mass is 35.5. The Morgan fingerprint density at radius 2 is 1.76 bits per heavy atom. The van der Waals surface area contributed by atoms with Gasteiger partial charge in [-0.1, -0.05) is 35.9 Å². The minimum atomic E-state index is -4.75. The highest BCUT2D eigenvalue weighted by Gasteiger charge is 2.31. The van der Waals surface area contributed by atoms with Gasteiger partial charge in [0.1, 0.15) is 11.8 Å². The molecule has 166 valence electrons. The van der Waals surface area contributed by atoms with E-state index in [-0.39, 0.29) is 38.9 Å². The second kappa shape index (κ2) is 9.97. The number of amides is 1. The Morgan fingerprint density at radius 3 is 2.39 bits per heavy atom. The average molecular weight is 470 g/mol. The molecule has 1 heterocycles. The summed E-state index contributed by atoms with van der Waals surface area (Å²) in [5.41, 5.74) is 4.66. The van der Waals surface area contributed by atoms with Crippen LogP contribution in [0, 0.1) is 11.3 Å². The molecule has 6 nitrogen and oxygen atoms in total. The number of aromatic nitrogens is 1. The van der Waals surface area contributed by atoms with Crippen molar-refractivity contribution in [3.05, 3.63) is 100 Å². The second-order valence-corrected chi connectivity index (χ2v) is 7.00. The molecule has 0 radical (unpaired) electrons. The Labute approximate surface area is 191 Å². The molecule has 0 bridgehead atoms. The third kappa shape index (κ3) is 5.96. The van der Waals surface area contributed by atoms with Crippen LogP contribution in [0.4, 0.5) is 24.7 Å². The zero-order chi connectivity index (χ0) is 24.0. The third-order valence-corrected chi connectivity index (χ3v) is 4.64. The Hall–Kier alpha value is -4.16. The van der Waals surface area contributed by atoms with Crippen molar-refractivity contribution in [3.63, 3.8) is 0 Å². The van der Waals surface area contributed by atoms with E-state index in [4.69, 9.17) is 22.6 Å². The maximum Gasteiger partial charge on any atom is 0.430 e. The maximum absolute atomic E-state index is 13.0. The summed E-state index contributed by atoms with van der Waals surface area (Å²) >= 11 is 6.09. The number of allylic oxidation sites excluding steroid dienone is 2. The van der Waals surface area contributed by atoms with E-state index in [1.807, 2.05) is 6.07 Å². The van der Waals surface area contributed by atoms with E-state index in [2.05, 4.69) is 15.3 Å². The molecule has 0 fully saturated rings. The number of halogens is 4. The zero-order valence-corrected chi connectivity index (χ0v) is 17.5. The van der Waals surface area contributed by atoms with Gasteiger partial charge in [-0.05, 0) is 42.5 Å². The van der Waals surface area contributed by atoms with E-state index in [1.54, 1.807) is 30.3 Å². The first-order chi connectivity index (χ1) is 15.7. The van der Waals surface area contributed by atoms with Crippen molar-refractivity contribution < 1.29 is 18.0 Å². The Balaban J connectivity index is 1.95. The largest absolute Gasteiger partial charge is 0.430 e. The molecule has 0 saturated carbocycles. The van der Waals surface area contributed by atoms with Crippen LogP contribution < -0.4 is 11.1 Å². The number of aliphatic imine (C=N–C) groups is 1. The number of hydrogen-bond donors (Lipinski definition) is 2. The molecule has 0 atom stereocenters. The zero-order valence-electron chi connectivity index (χ0n) is 16.8. The van der Waals surface area contributed by atoms with E-state index in [0.717, 1.165) is 0 Å². The fraction of sp³-hybridized carbons (Fsp3) is 0.0435. The lowest BCUT2D eigenvalue weighted by Crippen LogP contribution is -2.21. The number of nitrogens with one attached hydrogen (secondary N) is 1. The summed E-state index contributed by atoms with van der Waals surface area (Å²) in [6.07, 6.45) is -2.62. The first-order valence-corrected chi connectivity index (χ1v) is 9.71. The van der Waals surface area contributed by atoms with E-state index >= 15 is 0 Å². The van der Waals surface area contributed by atoms with Gasteiger partial charge in [-0.15, -0.1) is 0 Å². The number of rotatable bonds is 5. The van der Waals surface area contributed by atoms with Gasteiger partial charge in [0.05, 0.1) is 22.0 Å². The van der Waals surface area contributed by atoms with Crippen LogP contribution in [0.3, 0.4) is 0 Å². The number of anilines is 1. The van der Waals surface area contributed by atoms with Gasteiger partial charge < -0.3 is 11.1 Å². The number of hydrogen-bond acceptors (Lipinski definition) is 5. The Morgan fingerprint density at radius 1 is 1.09 bits per heavy atom. The number of alkyl halides is 3. The predicted octanol–water partition coefficient (Wildman–Crippen LogP) is 5.38. The van der Waals surface area contributed by atoms with Crippen molar-refractivity contribution in [2.24, 2.45) is 10.7 Å². The highest BCUT2D eigenvalue weighted by Crippen LogP contribution is 2.27. The summed E-state index contributed by atoms with van der Waals surface area (Å²) < 4.78 is 39.1. The fourth-order valence-electron chi connectivity index (χ4n) is 2.65. The van der Waals surface area contributed by atoms with Crippen LogP contribution in [0.5, 0.6) is 0 Å². The first-order valence-electron chi connectivity index (χ1n) is 9.33. The molecule has 1 aromatic heterocycles. The van der Waals surface area contributed by atoms with Gasteiger partial charge in [-0.2, -0.15) is 18.4 Å². The Kier molecular flexibility index (Phi) is 7.10. The summed E-state index contributed by atoms with van der Waals surface area (Å²) in [7, 11) is 0. The summed E-state index contributed by atoms with van der Waals surface area (Å²) in [4.78, 5) is 20.7. The number of nitriles is 1. The number of carbonyl (C=O) groups excluding carboxylic acids is 1. The van der Waals surface area contributed by atoms with Crippen LogP contribution in [0.1, 0.15) is 21.5 Å². The quantitative estimate of drug-likeness (QED) is 0.489. The van der Waals surface area contributed by atoms with Crippen LogP contribution in [0.15, 0.2) is 83.6 Å². The molecule has 0 spiro atoms. The highest BCUT2D eigenvalue weighted by molar-refractivity contribution is 6.33. The van der Waals surface area contributed by atoms with Crippen molar-refractivity contribution in [1.82, 2.24) is 4.98 Å². The predicted molar refractivity (Wildman–Crippen MR) is 119 cm³/mol. The van der Waals surface area contributed by atoms with Gasteiger partial charge in [0.25, 0.3) is 5.91 Å². The molecule has 0 aliphatic heterocycles. The SMILES string of the molecule is N#Cc1cccnc1NC(=O)c1ccc(C(C=C(N)C(F)(F)F)=Nc2ccccc2Cl)cc1. The van der Waals surface area contributed by atoms with E-state index in [1.165, 1.54) is 36.5 Å². The lowest BCUT2D eigenvalue weighted by molar-refractivity contribution is -0.0925. The van der Waals surface area contributed by atoms with Crippen molar-refractivity contribution in [2.75, 3.05) is 5.32 Å². The van der Waals surface area contributed by atoms with Crippen molar-refractivity contribution >= 4 is 34.7 Å². The van der Waals surface area contributed by atoms with Crippen molar-refractivity contribution in [3.8, 4) is 6.07 Å². The van der Waals surface area contributed by atoms with Crippen LogP contribution in [0.25, 0.3) is 0 Å². The van der Waals surface area contributed by atoms with Crippen molar-refractivity contribution in [1.29, 1.82) is 5.26 Å². The van der Waals surface area contributed by atoms with Crippen LogP contribution in [-0.4, -0.2) is 22.8 Å². The lowest BCUT2D eigenvalue weighted by Gasteiger charge is -2.10. The van der Waals surface area contributed by atoms with Crippen LogP contribution >= 0.6 is 11.6 Å². The molecule has 0 saturated heterocycles. The minimum absolute atomic E-state index is 0.0935. The smallest absolute Gasteiger partial charge is 0.395 e. The average Bonchev–Trinajstić information content (AvgIpc) is 2.79. The number of nitrogens with two attached hydrogens (primary N) is 1. The van der Waals surface area contributed by atoms with E-state index in [9.17, 15) is 18.0 Å². The van der Waals surface area contributed by atoms with E-state index in [0.29, 0.717) is 6.08 Å².